The maximum absolute atomic E-state index is 11.6. The summed E-state index contributed by atoms with van der Waals surface area (Å²) in [6.45, 7) is 5.80. The van der Waals surface area contributed by atoms with Crippen molar-refractivity contribution in [3.8, 4) is 5.75 Å². The molecule has 0 heterocycles. The van der Waals surface area contributed by atoms with Gasteiger partial charge in [-0.15, -0.1) is 0 Å². The van der Waals surface area contributed by atoms with Crippen molar-refractivity contribution in [1.82, 2.24) is 0 Å². The molecule has 6 nitrogen and oxygen atoms in total. The van der Waals surface area contributed by atoms with Gasteiger partial charge in [-0.3, -0.25) is 9.59 Å². The van der Waals surface area contributed by atoms with Crippen LogP contribution in [0.1, 0.15) is 45.6 Å². The van der Waals surface area contributed by atoms with Gasteiger partial charge in [0, 0.05) is 24.6 Å². The number of carboxylic acid groups (broad SMARTS) is 1. The Labute approximate surface area is 136 Å². The van der Waals surface area contributed by atoms with Crippen molar-refractivity contribution in [3.63, 3.8) is 0 Å². The lowest BCUT2D eigenvalue weighted by Crippen LogP contribution is -2.24. The molecule has 6 heteroatoms. The summed E-state index contributed by atoms with van der Waals surface area (Å²) in [5, 5.41) is 8.77. The Balaban J connectivity index is 2.48. The summed E-state index contributed by atoms with van der Waals surface area (Å²) in [4.78, 5) is 22.3. The summed E-state index contributed by atoms with van der Waals surface area (Å²) in [6, 6.07) is 5.15. The SMILES string of the molecule is CC(C)(C)OC(=O)CCCOc1cc(N)ccc1CCC(=O)O. The number of hydrogen-bond acceptors (Lipinski definition) is 5. The predicted octanol–water partition coefficient (Wildman–Crippen LogP) is 2.79. The Morgan fingerprint density at radius 2 is 1.91 bits per heavy atom. The summed E-state index contributed by atoms with van der Waals surface area (Å²) >= 11 is 0. The summed E-state index contributed by atoms with van der Waals surface area (Å²) in [7, 11) is 0. The summed E-state index contributed by atoms with van der Waals surface area (Å²) in [5.41, 5.74) is 6.58. The van der Waals surface area contributed by atoms with E-state index in [0.29, 0.717) is 30.9 Å². The van der Waals surface area contributed by atoms with Crippen LogP contribution in [-0.2, 0) is 20.7 Å². The van der Waals surface area contributed by atoms with Gasteiger partial charge in [0.25, 0.3) is 0 Å². The number of rotatable bonds is 8. The fourth-order valence-electron chi connectivity index (χ4n) is 1.94. The van der Waals surface area contributed by atoms with E-state index in [0.717, 1.165) is 5.56 Å². The first-order valence-electron chi connectivity index (χ1n) is 7.62. The molecule has 0 amide bonds. The third-order valence-corrected chi connectivity index (χ3v) is 2.90. The summed E-state index contributed by atoms with van der Waals surface area (Å²) < 4.78 is 10.9. The van der Waals surface area contributed by atoms with Gasteiger partial charge in [-0.2, -0.15) is 0 Å². The molecule has 1 rings (SSSR count). The third kappa shape index (κ3) is 8.09. The number of hydrogen-bond donors (Lipinski definition) is 2. The first-order chi connectivity index (χ1) is 10.7. The third-order valence-electron chi connectivity index (χ3n) is 2.90. The Bertz CT molecular complexity index is 548. The maximum Gasteiger partial charge on any atom is 0.306 e. The monoisotopic (exact) mass is 323 g/mol. The standard InChI is InChI=1S/C17H25NO5/c1-17(2,3)23-16(21)5-4-10-22-14-11-13(18)8-6-12(14)7-9-15(19)20/h6,8,11H,4-5,7,9-10,18H2,1-3H3,(H,19,20). The number of carboxylic acids is 1. The zero-order chi connectivity index (χ0) is 17.5. The van der Waals surface area contributed by atoms with Crippen LogP contribution < -0.4 is 10.5 Å². The smallest absolute Gasteiger partial charge is 0.306 e. The molecule has 0 aromatic heterocycles. The number of aliphatic carboxylic acids is 1. The lowest BCUT2D eigenvalue weighted by atomic mass is 10.1. The Hall–Kier alpha value is -2.24. The minimum atomic E-state index is -0.863. The van der Waals surface area contributed by atoms with E-state index in [4.69, 9.17) is 20.3 Å². The van der Waals surface area contributed by atoms with Gasteiger partial charge in [0.1, 0.15) is 11.4 Å². The largest absolute Gasteiger partial charge is 0.493 e. The quantitative estimate of drug-likeness (QED) is 0.433. The Kier molecular flexibility index (Phi) is 6.88. The fourth-order valence-corrected chi connectivity index (χ4v) is 1.94. The zero-order valence-corrected chi connectivity index (χ0v) is 13.9. The van der Waals surface area contributed by atoms with Crippen LogP contribution in [0.15, 0.2) is 18.2 Å². The second-order valence-corrected chi connectivity index (χ2v) is 6.30. The number of carbonyl (C=O) groups is 2. The van der Waals surface area contributed by atoms with Gasteiger partial charge < -0.3 is 20.3 Å². The molecule has 0 fully saturated rings. The average molecular weight is 323 g/mol. The van der Waals surface area contributed by atoms with Crippen LogP contribution in [0.2, 0.25) is 0 Å². The topological polar surface area (TPSA) is 98.9 Å². The van der Waals surface area contributed by atoms with Crippen LogP contribution in [0.5, 0.6) is 5.75 Å². The van der Waals surface area contributed by atoms with Gasteiger partial charge in [0.2, 0.25) is 0 Å². The summed E-state index contributed by atoms with van der Waals surface area (Å²) in [6.07, 6.45) is 1.18. The molecule has 0 spiro atoms. The highest BCUT2D eigenvalue weighted by Gasteiger charge is 2.15. The van der Waals surface area contributed by atoms with E-state index < -0.39 is 11.6 Å². The first kappa shape index (κ1) is 18.8. The number of carbonyl (C=O) groups excluding carboxylic acids is 1. The van der Waals surface area contributed by atoms with Crippen molar-refractivity contribution in [2.75, 3.05) is 12.3 Å². The number of aryl methyl sites for hydroxylation is 1. The number of nitrogen functional groups attached to an aromatic ring is 1. The van der Waals surface area contributed by atoms with E-state index in [-0.39, 0.29) is 18.8 Å². The molecule has 23 heavy (non-hydrogen) atoms. The lowest BCUT2D eigenvalue weighted by molar-refractivity contribution is -0.155. The van der Waals surface area contributed by atoms with Gasteiger partial charge >= 0.3 is 11.9 Å². The van der Waals surface area contributed by atoms with Crippen molar-refractivity contribution < 1.29 is 24.2 Å². The molecule has 0 aliphatic heterocycles. The summed E-state index contributed by atoms with van der Waals surface area (Å²) in [5.74, 6) is -0.562. The molecular formula is C17H25NO5. The van der Waals surface area contributed by atoms with Crippen LogP contribution in [0.4, 0.5) is 5.69 Å². The number of benzene rings is 1. The van der Waals surface area contributed by atoms with Crippen LogP contribution in [-0.4, -0.2) is 29.3 Å². The second kappa shape index (κ2) is 8.41. The van der Waals surface area contributed by atoms with Crippen molar-refractivity contribution in [2.45, 2.75) is 52.1 Å². The molecule has 0 atom stereocenters. The van der Waals surface area contributed by atoms with Crippen LogP contribution in [0, 0.1) is 0 Å². The van der Waals surface area contributed by atoms with Crippen molar-refractivity contribution in [2.24, 2.45) is 0 Å². The lowest BCUT2D eigenvalue weighted by Gasteiger charge is -2.19. The minimum absolute atomic E-state index is 0.0260. The molecule has 0 saturated heterocycles. The van der Waals surface area contributed by atoms with Gasteiger partial charge in [-0.05, 0) is 45.2 Å². The van der Waals surface area contributed by atoms with Gasteiger partial charge in [-0.1, -0.05) is 6.07 Å². The van der Waals surface area contributed by atoms with Crippen LogP contribution >= 0.6 is 0 Å². The fraction of sp³-hybridized carbons (Fsp3) is 0.529. The molecule has 128 valence electrons. The molecular weight excluding hydrogens is 298 g/mol. The molecule has 0 radical (unpaired) electrons. The first-order valence-corrected chi connectivity index (χ1v) is 7.62. The number of nitrogens with two attached hydrogens (primary N) is 1. The molecule has 0 aliphatic rings. The van der Waals surface area contributed by atoms with E-state index in [2.05, 4.69) is 0 Å². The second-order valence-electron chi connectivity index (χ2n) is 6.30. The van der Waals surface area contributed by atoms with E-state index in [1.165, 1.54) is 0 Å². The minimum Gasteiger partial charge on any atom is -0.493 e. The molecule has 1 aromatic carbocycles. The van der Waals surface area contributed by atoms with Gasteiger partial charge in [0.15, 0.2) is 0 Å². The molecule has 0 aliphatic carbocycles. The van der Waals surface area contributed by atoms with Crippen molar-refractivity contribution in [1.29, 1.82) is 0 Å². The molecule has 0 unspecified atom stereocenters. The predicted molar refractivity (Wildman–Crippen MR) is 87.4 cm³/mol. The highest BCUT2D eigenvalue weighted by molar-refractivity contribution is 5.69. The van der Waals surface area contributed by atoms with E-state index in [9.17, 15) is 9.59 Å². The molecule has 0 saturated carbocycles. The zero-order valence-electron chi connectivity index (χ0n) is 13.9. The molecule has 1 aromatic rings. The Morgan fingerprint density at radius 3 is 2.52 bits per heavy atom. The van der Waals surface area contributed by atoms with Crippen LogP contribution in [0.3, 0.4) is 0 Å². The average Bonchev–Trinajstić information content (AvgIpc) is 2.40. The molecule has 0 bridgehead atoms. The number of ether oxygens (including phenoxy) is 2. The number of esters is 1. The van der Waals surface area contributed by atoms with Crippen molar-refractivity contribution >= 4 is 17.6 Å². The van der Waals surface area contributed by atoms with Gasteiger partial charge in [0.05, 0.1) is 6.61 Å². The number of anilines is 1. The van der Waals surface area contributed by atoms with Crippen LogP contribution in [0.25, 0.3) is 0 Å². The van der Waals surface area contributed by atoms with E-state index in [1.807, 2.05) is 20.8 Å². The van der Waals surface area contributed by atoms with Crippen molar-refractivity contribution in [3.05, 3.63) is 23.8 Å². The van der Waals surface area contributed by atoms with E-state index in [1.54, 1.807) is 18.2 Å². The highest BCUT2D eigenvalue weighted by Crippen LogP contribution is 2.23. The highest BCUT2D eigenvalue weighted by atomic mass is 16.6. The van der Waals surface area contributed by atoms with E-state index >= 15 is 0 Å². The Morgan fingerprint density at radius 1 is 1.22 bits per heavy atom. The molecule has 3 N–H and O–H groups in total. The normalized spacial score (nSPS) is 11.1. The van der Waals surface area contributed by atoms with Gasteiger partial charge in [-0.25, -0.2) is 0 Å². The maximum atomic E-state index is 11.6.